The van der Waals surface area contributed by atoms with Gasteiger partial charge in [-0.2, -0.15) is 13.2 Å². The van der Waals surface area contributed by atoms with Crippen molar-refractivity contribution in [3.05, 3.63) is 23.3 Å². The summed E-state index contributed by atoms with van der Waals surface area (Å²) in [6, 6.07) is 2.15. The molecule has 1 aliphatic rings. The van der Waals surface area contributed by atoms with Crippen molar-refractivity contribution < 1.29 is 27.4 Å². The molecule has 2 rings (SSSR count). The van der Waals surface area contributed by atoms with Gasteiger partial charge in [-0.25, -0.2) is 0 Å². The van der Waals surface area contributed by atoms with Gasteiger partial charge in [-0.3, -0.25) is 4.79 Å². The van der Waals surface area contributed by atoms with Crippen LogP contribution in [-0.4, -0.2) is 19.0 Å². The highest BCUT2D eigenvalue weighted by atomic mass is 19.4. The number of hydrogen-bond acceptors (Lipinski definition) is 3. The molecule has 0 amide bonds. The van der Waals surface area contributed by atoms with E-state index < -0.39 is 11.7 Å². The number of ether oxygens (including phenoxy) is 2. The summed E-state index contributed by atoms with van der Waals surface area (Å²) in [5.41, 5.74) is -0.992. The van der Waals surface area contributed by atoms with E-state index >= 15 is 0 Å². The summed E-state index contributed by atoms with van der Waals surface area (Å²) in [6.07, 6.45) is -4.83. The molecule has 1 aromatic rings. The number of carbonyl (C=O) groups is 1. The van der Waals surface area contributed by atoms with Crippen LogP contribution in [0.3, 0.4) is 0 Å². The Morgan fingerprint density at radius 3 is 2.56 bits per heavy atom. The number of halogens is 3. The van der Waals surface area contributed by atoms with Gasteiger partial charge in [0, 0.05) is 12.0 Å². The minimum Gasteiger partial charge on any atom is -0.486 e. The van der Waals surface area contributed by atoms with Crippen molar-refractivity contribution in [2.75, 3.05) is 13.2 Å². The van der Waals surface area contributed by atoms with Gasteiger partial charge >= 0.3 is 6.18 Å². The van der Waals surface area contributed by atoms with Crippen molar-refractivity contribution in [1.82, 2.24) is 0 Å². The molecule has 0 saturated carbocycles. The molecule has 0 spiro atoms. The zero-order valence-electron chi connectivity index (χ0n) is 9.63. The third kappa shape index (κ3) is 2.42. The zero-order chi connectivity index (χ0) is 13.3. The highest BCUT2D eigenvalue weighted by Gasteiger charge is 2.36. The third-order valence-corrected chi connectivity index (χ3v) is 2.54. The zero-order valence-corrected chi connectivity index (χ0v) is 9.63. The molecule has 0 unspecified atom stereocenters. The summed E-state index contributed by atoms with van der Waals surface area (Å²) < 4.78 is 49.0. The maximum atomic E-state index is 12.9. The summed E-state index contributed by atoms with van der Waals surface area (Å²) in [6.45, 7) is 1.71. The van der Waals surface area contributed by atoms with E-state index in [2.05, 4.69) is 0 Å². The second kappa shape index (κ2) is 4.51. The summed E-state index contributed by atoms with van der Waals surface area (Å²) in [4.78, 5) is 11.1. The van der Waals surface area contributed by atoms with E-state index in [9.17, 15) is 18.0 Å². The van der Waals surface area contributed by atoms with Crippen molar-refractivity contribution in [3.63, 3.8) is 0 Å². The SMILES string of the molecule is CC(=O)Cc1c(C(F)(F)F)ccc2c1OCCO2. The van der Waals surface area contributed by atoms with Gasteiger partial charge in [0.25, 0.3) is 0 Å². The quantitative estimate of drug-likeness (QED) is 0.820. The predicted molar refractivity (Wildman–Crippen MR) is 56.8 cm³/mol. The Hall–Kier alpha value is -1.72. The Kier molecular flexibility index (Phi) is 3.19. The minimum absolute atomic E-state index is 0.0336. The lowest BCUT2D eigenvalue weighted by Crippen LogP contribution is -2.20. The molecule has 1 heterocycles. The second-order valence-corrected chi connectivity index (χ2v) is 3.99. The number of ketones is 1. The highest BCUT2D eigenvalue weighted by Crippen LogP contribution is 2.42. The average molecular weight is 260 g/mol. The van der Waals surface area contributed by atoms with Gasteiger partial charge in [-0.1, -0.05) is 0 Å². The lowest BCUT2D eigenvalue weighted by molar-refractivity contribution is -0.138. The standard InChI is InChI=1S/C12H11F3O3/c1-7(16)6-8-9(12(13,14)15)2-3-10-11(8)18-5-4-17-10/h2-3H,4-6H2,1H3. The number of Topliss-reactive ketones (excluding diaryl/α,β-unsaturated/α-hetero) is 1. The van der Waals surface area contributed by atoms with Crippen LogP contribution < -0.4 is 9.47 Å². The van der Waals surface area contributed by atoms with E-state index in [4.69, 9.17) is 9.47 Å². The van der Waals surface area contributed by atoms with Gasteiger partial charge in [0.1, 0.15) is 19.0 Å². The van der Waals surface area contributed by atoms with Gasteiger partial charge in [0.2, 0.25) is 0 Å². The number of carbonyl (C=O) groups excluding carboxylic acids is 1. The van der Waals surface area contributed by atoms with E-state index in [0.29, 0.717) is 0 Å². The van der Waals surface area contributed by atoms with Crippen LogP contribution in [0.5, 0.6) is 11.5 Å². The summed E-state index contributed by atoms with van der Waals surface area (Å²) in [5, 5.41) is 0. The van der Waals surface area contributed by atoms with Crippen LogP contribution in [0.1, 0.15) is 18.1 Å². The van der Waals surface area contributed by atoms with Crippen LogP contribution in [0.15, 0.2) is 12.1 Å². The Morgan fingerprint density at radius 1 is 1.28 bits per heavy atom. The Balaban J connectivity index is 2.57. The normalized spacial score (nSPS) is 14.4. The van der Waals surface area contributed by atoms with E-state index in [-0.39, 0.29) is 42.5 Å². The van der Waals surface area contributed by atoms with Crippen LogP contribution in [0, 0.1) is 0 Å². The molecule has 0 bridgehead atoms. The first-order chi connectivity index (χ1) is 8.39. The monoisotopic (exact) mass is 260 g/mol. The third-order valence-electron chi connectivity index (χ3n) is 2.54. The topological polar surface area (TPSA) is 35.5 Å². The molecule has 0 fully saturated rings. The Morgan fingerprint density at radius 2 is 1.94 bits per heavy atom. The first kappa shape index (κ1) is 12.7. The number of rotatable bonds is 2. The molecular formula is C12H11F3O3. The Bertz CT molecular complexity index is 480. The molecule has 0 saturated heterocycles. The molecule has 1 aliphatic heterocycles. The smallest absolute Gasteiger partial charge is 0.416 e. The van der Waals surface area contributed by atoms with Gasteiger partial charge < -0.3 is 9.47 Å². The molecule has 1 aromatic carbocycles. The van der Waals surface area contributed by atoms with Crippen molar-refractivity contribution in [2.24, 2.45) is 0 Å². The molecule has 0 aliphatic carbocycles. The fourth-order valence-corrected chi connectivity index (χ4v) is 1.86. The lowest BCUT2D eigenvalue weighted by atomic mass is 10.00. The number of benzene rings is 1. The van der Waals surface area contributed by atoms with E-state index in [1.54, 1.807) is 0 Å². The predicted octanol–water partition coefficient (Wildman–Crippen LogP) is 2.61. The van der Waals surface area contributed by atoms with Gasteiger partial charge in [-0.15, -0.1) is 0 Å². The van der Waals surface area contributed by atoms with Crippen LogP contribution in [-0.2, 0) is 17.4 Å². The summed E-state index contributed by atoms with van der Waals surface area (Å²) >= 11 is 0. The Labute approximate surface area is 102 Å². The number of hydrogen-bond donors (Lipinski definition) is 0. The number of alkyl halides is 3. The minimum atomic E-state index is -4.51. The van der Waals surface area contributed by atoms with Crippen molar-refractivity contribution in [2.45, 2.75) is 19.5 Å². The molecule has 6 heteroatoms. The first-order valence-corrected chi connectivity index (χ1v) is 5.37. The maximum Gasteiger partial charge on any atom is 0.416 e. The fraction of sp³-hybridized carbons (Fsp3) is 0.417. The van der Waals surface area contributed by atoms with E-state index in [0.717, 1.165) is 6.07 Å². The molecular weight excluding hydrogens is 249 g/mol. The lowest BCUT2D eigenvalue weighted by Gasteiger charge is -2.23. The first-order valence-electron chi connectivity index (χ1n) is 5.37. The van der Waals surface area contributed by atoms with Gasteiger partial charge in [-0.05, 0) is 19.1 Å². The van der Waals surface area contributed by atoms with Crippen LogP contribution in [0.2, 0.25) is 0 Å². The summed E-state index contributed by atoms with van der Waals surface area (Å²) in [7, 11) is 0. The largest absolute Gasteiger partial charge is 0.486 e. The molecule has 98 valence electrons. The van der Waals surface area contributed by atoms with E-state index in [1.807, 2.05) is 0 Å². The highest BCUT2D eigenvalue weighted by molar-refractivity contribution is 5.80. The van der Waals surface area contributed by atoms with Crippen molar-refractivity contribution in [1.29, 1.82) is 0 Å². The molecule has 0 radical (unpaired) electrons. The second-order valence-electron chi connectivity index (χ2n) is 3.99. The summed E-state index contributed by atoms with van der Waals surface area (Å²) in [5.74, 6) is -0.0696. The van der Waals surface area contributed by atoms with Crippen molar-refractivity contribution in [3.8, 4) is 11.5 Å². The van der Waals surface area contributed by atoms with Crippen LogP contribution >= 0.6 is 0 Å². The van der Waals surface area contributed by atoms with Gasteiger partial charge in [0.05, 0.1) is 5.56 Å². The molecule has 0 aromatic heterocycles. The number of fused-ring (bicyclic) bond motifs is 1. The molecule has 0 N–H and O–H groups in total. The average Bonchev–Trinajstić information content (AvgIpc) is 2.27. The molecule has 0 atom stereocenters. The van der Waals surface area contributed by atoms with Crippen LogP contribution in [0.25, 0.3) is 0 Å². The fourth-order valence-electron chi connectivity index (χ4n) is 1.86. The maximum absolute atomic E-state index is 12.9. The van der Waals surface area contributed by atoms with Gasteiger partial charge in [0.15, 0.2) is 11.5 Å². The molecule has 18 heavy (non-hydrogen) atoms. The van der Waals surface area contributed by atoms with Crippen molar-refractivity contribution >= 4 is 5.78 Å². The molecule has 3 nitrogen and oxygen atoms in total. The van der Waals surface area contributed by atoms with E-state index in [1.165, 1.54) is 13.0 Å². The van der Waals surface area contributed by atoms with Crippen LogP contribution in [0.4, 0.5) is 13.2 Å².